The van der Waals surface area contributed by atoms with Crippen molar-refractivity contribution in [2.45, 2.75) is 0 Å². The predicted octanol–water partition coefficient (Wildman–Crippen LogP) is 4.36. The molecule has 3 aromatic rings. The second kappa shape index (κ2) is 7.25. The number of para-hydroxylation sites is 1. The third-order valence-electron chi connectivity index (χ3n) is 4.27. The zero-order chi connectivity index (χ0) is 18.8. The third-order valence-corrected chi connectivity index (χ3v) is 5.28. The topological polar surface area (TPSA) is 50.5 Å². The molecule has 1 fully saturated rings. The molecule has 4 rings (SSSR count). The first-order valence-corrected chi connectivity index (χ1v) is 9.35. The van der Waals surface area contributed by atoms with Crippen LogP contribution in [-0.4, -0.2) is 32.1 Å². The first-order chi connectivity index (χ1) is 13.2. The molecule has 0 spiro atoms. The fourth-order valence-corrected chi connectivity index (χ4v) is 4.02. The number of aromatic nitrogens is 2. The second-order valence-electron chi connectivity index (χ2n) is 6.11. The number of thioether (sulfide) groups is 1. The quantitative estimate of drug-likeness (QED) is 0.503. The molecule has 1 aliphatic heterocycles. The van der Waals surface area contributed by atoms with Crippen molar-refractivity contribution in [2.75, 3.05) is 6.54 Å². The predicted molar refractivity (Wildman–Crippen MR) is 112 cm³/mol. The first kappa shape index (κ1) is 17.3. The highest BCUT2D eigenvalue weighted by molar-refractivity contribution is 8.18. The Morgan fingerprint density at radius 3 is 2.81 bits per heavy atom. The van der Waals surface area contributed by atoms with Crippen LogP contribution in [0.4, 0.5) is 5.82 Å². The second-order valence-corrected chi connectivity index (χ2v) is 7.12. The number of carbonyl (C=O) groups excluding carboxylic acids is 1. The van der Waals surface area contributed by atoms with Crippen molar-refractivity contribution in [2.24, 2.45) is 12.0 Å². The van der Waals surface area contributed by atoms with Crippen molar-refractivity contribution in [3.8, 4) is 0 Å². The van der Waals surface area contributed by atoms with Crippen molar-refractivity contribution < 1.29 is 4.79 Å². The van der Waals surface area contributed by atoms with E-state index in [9.17, 15) is 4.79 Å². The number of aryl methyl sites for hydroxylation is 1. The molecule has 2 aromatic heterocycles. The summed E-state index contributed by atoms with van der Waals surface area (Å²) in [4.78, 5) is 24.0. The van der Waals surface area contributed by atoms with Gasteiger partial charge in [-0.1, -0.05) is 30.3 Å². The van der Waals surface area contributed by atoms with E-state index in [2.05, 4.69) is 33.3 Å². The normalized spacial score (nSPS) is 17.4. The standard InChI is InChI=1S/C21H18N4OS/c1-3-12-25-20(26)18(27-21(25)23-19-10-6-7-11-22-19)13-15-14-24(2)17-9-5-4-8-16(15)17/h3-11,13-14H,1,12H2,2H3/b18-13-,23-21+. The fourth-order valence-electron chi connectivity index (χ4n) is 3.03. The van der Waals surface area contributed by atoms with E-state index in [0.29, 0.717) is 22.4 Å². The molecule has 134 valence electrons. The van der Waals surface area contributed by atoms with Crippen molar-refractivity contribution in [3.05, 3.63) is 78.0 Å². The van der Waals surface area contributed by atoms with E-state index >= 15 is 0 Å². The first-order valence-electron chi connectivity index (χ1n) is 8.53. The van der Waals surface area contributed by atoms with Crippen LogP contribution in [0.15, 0.2) is 77.4 Å². The van der Waals surface area contributed by atoms with Gasteiger partial charge in [0.1, 0.15) is 0 Å². The van der Waals surface area contributed by atoms with E-state index in [1.165, 1.54) is 11.8 Å². The van der Waals surface area contributed by atoms with Crippen LogP contribution in [0, 0.1) is 0 Å². The molecule has 0 bridgehead atoms. The number of carbonyl (C=O) groups is 1. The number of hydrogen-bond donors (Lipinski definition) is 0. The number of hydrogen-bond acceptors (Lipinski definition) is 4. The summed E-state index contributed by atoms with van der Waals surface area (Å²) in [6, 6.07) is 13.7. The molecule has 1 aliphatic rings. The third kappa shape index (κ3) is 3.31. The monoisotopic (exact) mass is 374 g/mol. The van der Waals surface area contributed by atoms with Crippen molar-refractivity contribution >= 4 is 45.6 Å². The van der Waals surface area contributed by atoms with Crippen LogP contribution in [-0.2, 0) is 11.8 Å². The number of fused-ring (bicyclic) bond motifs is 1. The highest BCUT2D eigenvalue weighted by Gasteiger charge is 2.32. The molecule has 3 heterocycles. The number of rotatable bonds is 4. The summed E-state index contributed by atoms with van der Waals surface area (Å²) in [5.74, 6) is 0.510. The molecule has 27 heavy (non-hydrogen) atoms. The zero-order valence-corrected chi connectivity index (χ0v) is 15.7. The van der Waals surface area contributed by atoms with Gasteiger partial charge >= 0.3 is 0 Å². The molecule has 0 unspecified atom stereocenters. The molecular weight excluding hydrogens is 356 g/mol. The summed E-state index contributed by atoms with van der Waals surface area (Å²) >= 11 is 1.36. The molecule has 0 atom stereocenters. The van der Waals surface area contributed by atoms with Crippen LogP contribution >= 0.6 is 11.8 Å². The minimum atomic E-state index is -0.0671. The van der Waals surface area contributed by atoms with Crippen LogP contribution in [0.3, 0.4) is 0 Å². The lowest BCUT2D eigenvalue weighted by molar-refractivity contribution is -0.121. The average Bonchev–Trinajstić information content (AvgIpc) is 3.15. The van der Waals surface area contributed by atoms with Crippen LogP contribution in [0.25, 0.3) is 17.0 Å². The summed E-state index contributed by atoms with van der Waals surface area (Å²) in [6.45, 7) is 4.16. The van der Waals surface area contributed by atoms with E-state index < -0.39 is 0 Å². The number of amidine groups is 1. The molecule has 0 N–H and O–H groups in total. The van der Waals surface area contributed by atoms with Gasteiger partial charge in [0.15, 0.2) is 11.0 Å². The van der Waals surface area contributed by atoms with Crippen LogP contribution in [0.1, 0.15) is 5.56 Å². The van der Waals surface area contributed by atoms with Gasteiger partial charge in [-0.3, -0.25) is 9.69 Å². The van der Waals surface area contributed by atoms with Crippen molar-refractivity contribution in [3.63, 3.8) is 0 Å². The summed E-state index contributed by atoms with van der Waals surface area (Å²) in [7, 11) is 2.01. The Kier molecular flexibility index (Phi) is 4.64. The van der Waals surface area contributed by atoms with Gasteiger partial charge in [-0.2, -0.15) is 0 Å². The minimum absolute atomic E-state index is 0.0671. The largest absolute Gasteiger partial charge is 0.350 e. The lowest BCUT2D eigenvalue weighted by Gasteiger charge is -2.12. The van der Waals surface area contributed by atoms with Gasteiger partial charge < -0.3 is 4.57 Å². The number of amides is 1. The molecular formula is C21H18N4OS. The number of pyridine rings is 1. The lowest BCUT2D eigenvalue weighted by atomic mass is 10.1. The van der Waals surface area contributed by atoms with Crippen molar-refractivity contribution in [1.82, 2.24) is 14.5 Å². The highest BCUT2D eigenvalue weighted by atomic mass is 32.2. The van der Waals surface area contributed by atoms with Crippen LogP contribution < -0.4 is 0 Å². The van der Waals surface area contributed by atoms with Gasteiger partial charge in [0.05, 0.1) is 4.91 Å². The number of benzene rings is 1. The van der Waals surface area contributed by atoms with Crippen molar-refractivity contribution in [1.29, 1.82) is 0 Å². The van der Waals surface area contributed by atoms with E-state index in [4.69, 9.17) is 0 Å². The molecule has 0 radical (unpaired) electrons. The SMILES string of the molecule is C=CCN1C(=O)/C(=C/c2cn(C)c3ccccc23)S/C1=N/c1ccccn1. The molecule has 5 nitrogen and oxygen atoms in total. The maximum absolute atomic E-state index is 12.9. The molecule has 0 saturated carbocycles. The van der Waals surface area contributed by atoms with E-state index in [-0.39, 0.29) is 5.91 Å². The Morgan fingerprint density at radius 2 is 2.04 bits per heavy atom. The summed E-state index contributed by atoms with van der Waals surface area (Å²) in [5.41, 5.74) is 2.15. The number of aliphatic imine (C=N–C) groups is 1. The van der Waals surface area contributed by atoms with Crippen LogP contribution in [0.5, 0.6) is 0 Å². The Balaban J connectivity index is 1.75. The Hall–Kier alpha value is -3.12. The maximum Gasteiger partial charge on any atom is 0.267 e. The van der Waals surface area contributed by atoms with Gasteiger partial charge in [0.2, 0.25) is 0 Å². The summed E-state index contributed by atoms with van der Waals surface area (Å²) < 4.78 is 2.07. The lowest BCUT2D eigenvalue weighted by Crippen LogP contribution is -2.29. The smallest absolute Gasteiger partial charge is 0.267 e. The Bertz CT molecular complexity index is 1080. The van der Waals surface area contributed by atoms with E-state index in [0.717, 1.165) is 16.5 Å². The summed E-state index contributed by atoms with van der Waals surface area (Å²) in [5, 5.41) is 1.73. The summed E-state index contributed by atoms with van der Waals surface area (Å²) in [6.07, 6.45) is 7.36. The molecule has 6 heteroatoms. The highest BCUT2D eigenvalue weighted by Crippen LogP contribution is 2.35. The molecule has 1 aromatic carbocycles. The van der Waals surface area contributed by atoms with Gasteiger partial charge in [-0.15, -0.1) is 6.58 Å². The molecule has 1 saturated heterocycles. The minimum Gasteiger partial charge on any atom is -0.350 e. The number of nitrogens with zero attached hydrogens (tertiary/aromatic N) is 4. The fraction of sp³-hybridized carbons (Fsp3) is 0.0952. The maximum atomic E-state index is 12.9. The Morgan fingerprint density at radius 1 is 1.22 bits per heavy atom. The zero-order valence-electron chi connectivity index (χ0n) is 14.9. The van der Waals surface area contributed by atoms with Gasteiger partial charge in [-0.25, -0.2) is 9.98 Å². The van der Waals surface area contributed by atoms with Gasteiger partial charge in [-0.05, 0) is 36.0 Å². The van der Waals surface area contributed by atoms with Gasteiger partial charge in [0.25, 0.3) is 5.91 Å². The van der Waals surface area contributed by atoms with E-state index in [1.807, 2.05) is 49.7 Å². The van der Waals surface area contributed by atoms with Crippen LogP contribution in [0.2, 0.25) is 0 Å². The van der Waals surface area contributed by atoms with E-state index in [1.54, 1.807) is 17.2 Å². The van der Waals surface area contributed by atoms with Gasteiger partial charge in [0, 0.05) is 42.5 Å². The average molecular weight is 374 g/mol. The molecule has 1 amide bonds. The molecule has 0 aliphatic carbocycles. The Labute approximate surface area is 161 Å².